The minimum atomic E-state index is 0.497. The highest BCUT2D eigenvalue weighted by atomic mass is 16.5. The van der Waals surface area contributed by atoms with Gasteiger partial charge in [0.25, 0.3) is 0 Å². The molecule has 2 N–H and O–H groups in total. The van der Waals surface area contributed by atoms with Crippen molar-refractivity contribution in [2.45, 2.75) is 32.1 Å². The normalized spacial score (nSPS) is 15.1. The van der Waals surface area contributed by atoms with Gasteiger partial charge in [-0.1, -0.05) is 0 Å². The Morgan fingerprint density at radius 2 is 2.06 bits per heavy atom. The van der Waals surface area contributed by atoms with E-state index in [1.807, 2.05) is 6.92 Å². The second-order valence-electron chi connectivity index (χ2n) is 5.18. The zero-order valence-corrected chi connectivity index (χ0v) is 11.4. The minimum Gasteiger partial charge on any atom is -0.477 e. The first kappa shape index (κ1) is 13.1. The Hall–Kier alpha value is -1.36. The molecule has 1 aromatic rings. The van der Waals surface area contributed by atoms with Gasteiger partial charge in [0.05, 0.1) is 12.2 Å². The molecule has 1 fully saturated rings. The molecule has 18 heavy (non-hydrogen) atoms. The van der Waals surface area contributed by atoms with Crippen LogP contribution in [0.2, 0.25) is 0 Å². The summed E-state index contributed by atoms with van der Waals surface area (Å²) in [5, 5.41) is 0. The molecule has 0 saturated heterocycles. The third kappa shape index (κ3) is 3.32. The third-order valence-corrected chi connectivity index (χ3v) is 3.09. The summed E-state index contributed by atoms with van der Waals surface area (Å²) < 4.78 is 5.73. The second kappa shape index (κ2) is 5.52. The Morgan fingerprint density at radius 3 is 2.67 bits per heavy atom. The highest BCUT2D eigenvalue weighted by Crippen LogP contribution is 2.39. The molecule has 1 heterocycles. The van der Waals surface area contributed by atoms with Crippen molar-refractivity contribution in [3.63, 3.8) is 0 Å². The Labute approximate surface area is 108 Å². The summed E-state index contributed by atoms with van der Waals surface area (Å²) in [7, 11) is 4.11. The molecule has 0 bridgehead atoms. The maximum atomic E-state index is 5.90. The van der Waals surface area contributed by atoms with Crippen LogP contribution in [0.4, 0.5) is 5.82 Å². The van der Waals surface area contributed by atoms with Gasteiger partial charge < -0.3 is 15.4 Å². The van der Waals surface area contributed by atoms with E-state index in [4.69, 9.17) is 10.5 Å². The Balaban J connectivity index is 1.97. The van der Waals surface area contributed by atoms with E-state index in [0.29, 0.717) is 24.2 Å². The fourth-order valence-corrected chi connectivity index (χ4v) is 1.74. The number of nitrogens with two attached hydrogens (primary N) is 1. The van der Waals surface area contributed by atoms with Crippen LogP contribution in [-0.4, -0.2) is 42.1 Å². The number of aromatic nitrogens is 2. The summed E-state index contributed by atoms with van der Waals surface area (Å²) >= 11 is 0. The zero-order chi connectivity index (χ0) is 13.1. The van der Waals surface area contributed by atoms with Gasteiger partial charge in [-0.15, -0.1) is 0 Å². The SMILES string of the molecule is Cc1c(N)nc(C2CC2)nc1OCCCN(C)C. The van der Waals surface area contributed by atoms with Crippen molar-refractivity contribution in [3.8, 4) is 5.88 Å². The second-order valence-corrected chi connectivity index (χ2v) is 5.18. The van der Waals surface area contributed by atoms with Gasteiger partial charge in [-0.3, -0.25) is 0 Å². The number of hydrogen-bond acceptors (Lipinski definition) is 5. The van der Waals surface area contributed by atoms with E-state index in [9.17, 15) is 0 Å². The van der Waals surface area contributed by atoms with E-state index >= 15 is 0 Å². The maximum absolute atomic E-state index is 5.90. The number of nitrogens with zero attached hydrogens (tertiary/aromatic N) is 3. The van der Waals surface area contributed by atoms with Crippen LogP contribution in [-0.2, 0) is 0 Å². The van der Waals surface area contributed by atoms with Crippen molar-refractivity contribution in [2.75, 3.05) is 33.0 Å². The number of rotatable bonds is 6. The predicted octanol–water partition coefficient (Wildman–Crippen LogP) is 1.58. The highest BCUT2D eigenvalue weighted by molar-refractivity contribution is 5.45. The molecule has 0 spiro atoms. The van der Waals surface area contributed by atoms with Crippen molar-refractivity contribution >= 4 is 5.82 Å². The molecule has 0 amide bonds. The molecular weight excluding hydrogens is 228 g/mol. The summed E-state index contributed by atoms with van der Waals surface area (Å²) in [6, 6.07) is 0. The first-order valence-electron chi connectivity index (χ1n) is 6.49. The lowest BCUT2D eigenvalue weighted by Gasteiger charge is -2.12. The van der Waals surface area contributed by atoms with Crippen LogP contribution in [0.25, 0.3) is 0 Å². The molecule has 0 atom stereocenters. The first-order valence-corrected chi connectivity index (χ1v) is 6.49. The molecule has 5 heteroatoms. The topological polar surface area (TPSA) is 64.3 Å². The summed E-state index contributed by atoms with van der Waals surface area (Å²) in [4.78, 5) is 11.0. The summed E-state index contributed by atoms with van der Waals surface area (Å²) in [5.41, 5.74) is 6.75. The van der Waals surface area contributed by atoms with Crippen molar-refractivity contribution < 1.29 is 4.74 Å². The van der Waals surface area contributed by atoms with Gasteiger partial charge in [0, 0.05) is 12.5 Å². The van der Waals surface area contributed by atoms with Crippen molar-refractivity contribution in [1.29, 1.82) is 0 Å². The van der Waals surface area contributed by atoms with Gasteiger partial charge in [0.1, 0.15) is 11.6 Å². The molecule has 100 valence electrons. The summed E-state index contributed by atoms with van der Waals surface area (Å²) in [6.07, 6.45) is 3.32. The van der Waals surface area contributed by atoms with Gasteiger partial charge in [-0.2, -0.15) is 4.98 Å². The molecule has 1 saturated carbocycles. The molecule has 2 rings (SSSR count). The number of anilines is 1. The van der Waals surface area contributed by atoms with Crippen LogP contribution in [0.1, 0.15) is 36.6 Å². The smallest absolute Gasteiger partial charge is 0.221 e. The van der Waals surface area contributed by atoms with Crippen LogP contribution >= 0.6 is 0 Å². The van der Waals surface area contributed by atoms with E-state index in [0.717, 1.165) is 24.4 Å². The standard InChI is InChI=1S/C13H22N4O/c1-9-11(14)15-12(10-5-6-10)16-13(9)18-8-4-7-17(2)3/h10H,4-8H2,1-3H3,(H2,14,15,16). The largest absolute Gasteiger partial charge is 0.477 e. The minimum absolute atomic E-state index is 0.497. The van der Waals surface area contributed by atoms with Gasteiger partial charge in [0.2, 0.25) is 5.88 Å². The maximum Gasteiger partial charge on any atom is 0.221 e. The van der Waals surface area contributed by atoms with Gasteiger partial charge >= 0.3 is 0 Å². The van der Waals surface area contributed by atoms with Crippen molar-refractivity contribution in [1.82, 2.24) is 14.9 Å². The van der Waals surface area contributed by atoms with Crippen LogP contribution in [0, 0.1) is 6.92 Å². The highest BCUT2D eigenvalue weighted by Gasteiger charge is 2.28. The molecule has 1 aliphatic rings. The fraction of sp³-hybridized carbons (Fsp3) is 0.692. The Bertz CT molecular complexity index is 416. The van der Waals surface area contributed by atoms with Crippen molar-refractivity contribution in [2.24, 2.45) is 0 Å². The van der Waals surface area contributed by atoms with Crippen LogP contribution in [0.5, 0.6) is 5.88 Å². The van der Waals surface area contributed by atoms with Gasteiger partial charge in [0.15, 0.2) is 0 Å². The van der Waals surface area contributed by atoms with Crippen LogP contribution < -0.4 is 10.5 Å². The number of hydrogen-bond donors (Lipinski definition) is 1. The lowest BCUT2D eigenvalue weighted by atomic mass is 10.3. The van der Waals surface area contributed by atoms with Crippen molar-refractivity contribution in [3.05, 3.63) is 11.4 Å². The molecule has 0 aromatic carbocycles. The van der Waals surface area contributed by atoms with E-state index in [1.165, 1.54) is 12.8 Å². The predicted molar refractivity (Wildman–Crippen MR) is 71.8 cm³/mol. The molecule has 0 radical (unpaired) electrons. The molecule has 1 aromatic heterocycles. The average molecular weight is 250 g/mol. The molecular formula is C13H22N4O. The fourth-order valence-electron chi connectivity index (χ4n) is 1.74. The average Bonchev–Trinajstić information content (AvgIpc) is 3.13. The molecule has 0 aliphatic heterocycles. The Kier molecular flexibility index (Phi) is 4.01. The summed E-state index contributed by atoms with van der Waals surface area (Å²) in [6.45, 7) is 3.59. The van der Waals surface area contributed by atoms with E-state index < -0.39 is 0 Å². The van der Waals surface area contributed by atoms with Gasteiger partial charge in [-0.05, 0) is 40.3 Å². The summed E-state index contributed by atoms with van der Waals surface area (Å²) in [5.74, 6) is 2.55. The third-order valence-electron chi connectivity index (χ3n) is 3.09. The van der Waals surface area contributed by atoms with Crippen LogP contribution in [0.15, 0.2) is 0 Å². The van der Waals surface area contributed by atoms with E-state index in [-0.39, 0.29) is 0 Å². The molecule has 5 nitrogen and oxygen atoms in total. The molecule has 0 unspecified atom stereocenters. The Morgan fingerprint density at radius 1 is 1.33 bits per heavy atom. The lowest BCUT2D eigenvalue weighted by molar-refractivity contribution is 0.270. The quantitative estimate of drug-likeness (QED) is 0.776. The lowest BCUT2D eigenvalue weighted by Crippen LogP contribution is -2.16. The zero-order valence-electron chi connectivity index (χ0n) is 11.4. The number of nitrogen functional groups attached to an aromatic ring is 1. The van der Waals surface area contributed by atoms with Crippen LogP contribution in [0.3, 0.4) is 0 Å². The van der Waals surface area contributed by atoms with Gasteiger partial charge in [-0.25, -0.2) is 4.98 Å². The first-order chi connectivity index (χ1) is 8.58. The monoisotopic (exact) mass is 250 g/mol. The van der Waals surface area contributed by atoms with E-state index in [2.05, 4.69) is 29.0 Å². The molecule has 1 aliphatic carbocycles. The van der Waals surface area contributed by atoms with E-state index in [1.54, 1.807) is 0 Å². The number of ether oxygens (including phenoxy) is 1.